The van der Waals surface area contributed by atoms with Gasteiger partial charge in [0.15, 0.2) is 5.65 Å². The van der Waals surface area contributed by atoms with Crippen molar-refractivity contribution in [3.63, 3.8) is 0 Å². The van der Waals surface area contributed by atoms with E-state index in [4.69, 9.17) is 10.1 Å². The van der Waals surface area contributed by atoms with E-state index in [0.717, 1.165) is 66.1 Å². The fourth-order valence-electron chi connectivity index (χ4n) is 5.05. The van der Waals surface area contributed by atoms with E-state index >= 15 is 0 Å². The van der Waals surface area contributed by atoms with E-state index in [1.807, 2.05) is 68.6 Å². The Kier molecular flexibility index (Phi) is 8.79. The summed E-state index contributed by atoms with van der Waals surface area (Å²) in [5, 5.41) is 16.7. The van der Waals surface area contributed by atoms with E-state index < -0.39 is 5.97 Å². The largest absolute Gasteiger partial charge is 0.462 e. The number of carbonyl (C=O) groups excluding carboxylic acids is 2. The number of aryl methyl sites for hydroxylation is 2. The maximum absolute atomic E-state index is 13.4. The number of amides is 1. The maximum Gasteiger partial charge on any atom is 0.343 e. The second-order valence-corrected chi connectivity index (χ2v) is 10.3. The molecular weight excluding hydrogens is 492 g/mol. The van der Waals surface area contributed by atoms with Crippen molar-refractivity contribution >= 4 is 29.0 Å². The lowest BCUT2D eigenvalue weighted by Crippen LogP contribution is -2.47. The van der Waals surface area contributed by atoms with Gasteiger partial charge in [0.05, 0.1) is 12.3 Å². The number of esters is 1. The molecule has 0 atom stereocenters. The van der Waals surface area contributed by atoms with Crippen LogP contribution in [-0.4, -0.2) is 49.9 Å². The van der Waals surface area contributed by atoms with Gasteiger partial charge in [-0.1, -0.05) is 31.4 Å². The molecule has 39 heavy (non-hydrogen) atoms. The summed E-state index contributed by atoms with van der Waals surface area (Å²) in [6, 6.07) is 11.3. The predicted molar refractivity (Wildman–Crippen MR) is 153 cm³/mol. The van der Waals surface area contributed by atoms with Gasteiger partial charge < -0.3 is 10.1 Å². The number of nitrogens with zero attached hydrogens (tertiary/aromatic N) is 4. The van der Waals surface area contributed by atoms with Crippen molar-refractivity contribution in [3.05, 3.63) is 59.6 Å². The molecule has 0 unspecified atom stereocenters. The van der Waals surface area contributed by atoms with Gasteiger partial charge in [0.1, 0.15) is 11.4 Å². The molecule has 1 aliphatic carbocycles. The molecule has 0 spiro atoms. The van der Waals surface area contributed by atoms with E-state index in [0.29, 0.717) is 0 Å². The highest BCUT2D eigenvalue weighted by molar-refractivity contribution is 6.21. The van der Waals surface area contributed by atoms with Crippen LogP contribution in [0.15, 0.2) is 48.2 Å². The van der Waals surface area contributed by atoms with Gasteiger partial charge in [-0.25, -0.2) is 14.3 Å². The number of fused-ring (bicyclic) bond motifs is 1. The minimum absolute atomic E-state index is 0.0102. The molecule has 2 N–H and O–H groups in total. The predicted octanol–water partition coefficient (Wildman–Crippen LogP) is 5.67. The Hall–Kier alpha value is -4.01. The average molecular weight is 531 g/mol. The number of rotatable bonds is 8. The molecule has 0 aliphatic heterocycles. The quantitative estimate of drug-likeness (QED) is 0.168. The topological polar surface area (TPSA) is 113 Å². The molecular formula is C30H38N6O3. The van der Waals surface area contributed by atoms with Crippen LogP contribution in [-0.2, 0) is 14.3 Å². The molecule has 0 saturated heterocycles. The molecule has 2 aromatic heterocycles. The molecule has 0 bridgehead atoms. The molecule has 4 rings (SSSR count). The van der Waals surface area contributed by atoms with Crippen LogP contribution in [0.4, 0.5) is 5.69 Å². The third kappa shape index (κ3) is 6.35. The molecule has 1 aromatic carbocycles. The lowest BCUT2D eigenvalue weighted by Gasteiger charge is -2.32. The van der Waals surface area contributed by atoms with Crippen LogP contribution in [0, 0.1) is 25.2 Å². The van der Waals surface area contributed by atoms with Crippen LogP contribution < -0.4 is 5.32 Å². The number of hydrogen-bond acceptors (Lipinski definition) is 7. The number of aromatic nitrogens is 3. The van der Waals surface area contributed by atoms with Crippen molar-refractivity contribution < 1.29 is 14.3 Å². The molecule has 9 heteroatoms. The van der Waals surface area contributed by atoms with Crippen molar-refractivity contribution in [2.24, 2.45) is 5.92 Å². The molecule has 2 heterocycles. The molecule has 206 valence electrons. The third-order valence-corrected chi connectivity index (χ3v) is 7.00. The SMILES string of the molecule is CCOC(=O)/C(=C/Nc1ccc(-c2cc3nc(C)cc(C)n3n2)cc1)C(=N)N(C(=O)C1CCCCC1)C(C)C. The maximum atomic E-state index is 13.4. The second-order valence-electron chi connectivity index (χ2n) is 10.3. The number of carbonyl (C=O) groups is 2. The van der Waals surface area contributed by atoms with Crippen LogP contribution in [0.25, 0.3) is 16.9 Å². The highest BCUT2D eigenvalue weighted by Crippen LogP contribution is 2.27. The van der Waals surface area contributed by atoms with Crippen LogP contribution in [0.3, 0.4) is 0 Å². The van der Waals surface area contributed by atoms with Crippen molar-refractivity contribution in [2.75, 3.05) is 11.9 Å². The van der Waals surface area contributed by atoms with Crippen molar-refractivity contribution in [1.82, 2.24) is 19.5 Å². The first-order chi connectivity index (χ1) is 18.7. The standard InChI is InChI=1S/C30H38N6O3/c1-6-39-30(38)25(28(31)35(19(2)3)29(37)23-10-8-7-9-11-23)18-32-24-14-12-22(13-15-24)26-17-27-33-20(4)16-21(5)36(27)34-26/h12-19,23,31-32H,6-11H2,1-5H3/b25-18+,31-28?. The molecule has 0 radical (unpaired) electrons. The minimum atomic E-state index is -0.642. The van der Waals surface area contributed by atoms with Gasteiger partial charge in [0.25, 0.3) is 0 Å². The summed E-state index contributed by atoms with van der Waals surface area (Å²) in [6.07, 6.45) is 6.25. The van der Waals surface area contributed by atoms with Crippen LogP contribution >= 0.6 is 0 Å². The highest BCUT2D eigenvalue weighted by atomic mass is 16.5. The first-order valence-corrected chi connectivity index (χ1v) is 13.7. The summed E-state index contributed by atoms with van der Waals surface area (Å²) in [5.41, 5.74) is 5.21. The Labute approximate surface area is 229 Å². The molecule has 1 aliphatic rings. The fourth-order valence-corrected chi connectivity index (χ4v) is 5.05. The van der Waals surface area contributed by atoms with Gasteiger partial charge >= 0.3 is 5.97 Å². The lowest BCUT2D eigenvalue weighted by molar-refractivity contribution is -0.138. The first kappa shape index (κ1) is 28.0. The van der Waals surface area contributed by atoms with E-state index in [9.17, 15) is 9.59 Å². The molecule has 1 amide bonds. The number of benzene rings is 1. The minimum Gasteiger partial charge on any atom is -0.462 e. The number of hydrogen-bond donors (Lipinski definition) is 2. The average Bonchev–Trinajstić information content (AvgIpc) is 3.34. The summed E-state index contributed by atoms with van der Waals surface area (Å²) in [6.45, 7) is 9.58. The Bertz CT molecular complexity index is 1380. The van der Waals surface area contributed by atoms with Crippen molar-refractivity contribution in [2.45, 2.75) is 72.8 Å². The number of amidine groups is 1. The lowest BCUT2D eigenvalue weighted by atomic mass is 9.88. The number of anilines is 1. The smallest absolute Gasteiger partial charge is 0.343 e. The van der Waals surface area contributed by atoms with Crippen molar-refractivity contribution in [3.8, 4) is 11.3 Å². The number of ether oxygens (including phenoxy) is 1. The van der Waals surface area contributed by atoms with E-state index in [1.165, 1.54) is 11.1 Å². The second kappa shape index (κ2) is 12.2. The Morgan fingerprint density at radius 1 is 1.15 bits per heavy atom. The summed E-state index contributed by atoms with van der Waals surface area (Å²) in [4.78, 5) is 32.3. The zero-order valence-corrected chi connectivity index (χ0v) is 23.5. The Morgan fingerprint density at radius 2 is 1.85 bits per heavy atom. The van der Waals surface area contributed by atoms with E-state index in [1.54, 1.807) is 6.92 Å². The van der Waals surface area contributed by atoms with Crippen LogP contribution in [0.1, 0.15) is 64.3 Å². The van der Waals surface area contributed by atoms with Gasteiger partial charge in [0, 0.05) is 46.9 Å². The van der Waals surface area contributed by atoms with Gasteiger partial charge in [0.2, 0.25) is 5.91 Å². The number of nitrogens with one attached hydrogen (secondary N) is 2. The zero-order valence-electron chi connectivity index (χ0n) is 23.5. The normalized spacial score (nSPS) is 14.5. The first-order valence-electron chi connectivity index (χ1n) is 13.7. The Morgan fingerprint density at radius 3 is 2.49 bits per heavy atom. The molecule has 9 nitrogen and oxygen atoms in total. The van der Waals surface area contributed by atoms with Gasteiger partial charge in [-0.3, -0.25) is 15.1 Å². The van der Waals surface area contributed by atoms with Crippen LogP contribution in [0.2, 0.25) is 0 Å². The van der Waals surface area contributed by atoms with E-state index in [-0.39, 0.29) is 35.9 Å². The third-order valence-electron chi connectivity index (χ3n) is 7.00. The summed E-state index contributed by atoms with van der Waals surface area (Å²) < 4.78 is 7.07. The van der Waals surface area contributed by atoms with Gasteiger partial charge in [-0.15, -0.1) is 0 Å². The zero-order chi connectivity index (χ0) is 28.1. The summed E-state index contributed by atoms with van der Waals surface area (Å²) in [5.74, 6) is -1.00. The Balaban J connectivity index is 1.56. The summed E-state index contributed by atoms with van der Waals surface area (Å²) in [7, 11) is 0. The highest BCUT2D eigenvalue weighted by Gasteiger charge is 2.33. The molecule has 3 aromatic rings. The van der Waals surface area contributed by atoms with E-state index in [2.05, 4.69) is 15.4 Å². The fraction of sp³-hybridized carbons (Fsp3) is 0.433. The van der Waals surface area contributed by atoms with Gasteiger partial charge in [-0.05, 0) is 65.7 Å². The van der Waals surface area contributed by atoms with Crippen LogP contribution in [0.5, 0.6) is 0 Å². The molecule has 1 fully saturated rings. The monoisotopic (exact) mass is 530 g/mol. The molecule has 1 saturated carbocycles. The van der Waals surface area contributed by atoms with Gasteiger partial charge in [-0.2, -0.15) is 5.10 Å². The summed E-state index contributed by atoms with van der Waals surface area (Å²) >= 11 is 0. The van der Waals surface area contributed by atoms with Crippen molar-refractivity contribution in [1.29, 1.82) is 5.41 Å².